The predicted octanol–water partition coefficient (Wildman–Crippen LogP) is 21.0. The summed E-state index contributed by atoms with van der Waals surface area (Å²) < 4.78 is 16.6. The molecule has 446 valence electrons. The summed E-state index contributed by atoms with van der Waals surface area (Å²) in [5, 5.41) is 3.42. The molecule has 14 rings (SSSR count). The number of aryl methyl sites for hydroxylation is 10. The number of fused-ring (bicyclic) bond motifs is 7. The molecule has 4 aliphatic heterocycles. The minimum Gasteiger partial charge on any atom is -0.493 e. The number of ether oxygens (including phenoxy) is 3. The zero-order valence-electron chi connectivity index (χ0n) is 54.2. The van der Waals surface area contributed by atoms with Crippen LogP contribution in [0.1, 0.15) is 241 Å². The Balaban J connectivity index is 0.000000128. The molecule has 0 saturated heterocycles. The second-order valence-electron chi connectivity index (χ2n) is 26.2. The van der Waals surface area contributed by atoms with Crippen molar-refractivity contribution >= 4 is 0 Å². The molecule has 0 aromatic heterocycles. The maximum absolute atomic E-state index is 5.59. The summed E-state index contributed by atoms with van der Waals surface area (Å²) in [6.07, 6.45) is 13.6. The number of hydrogen-bond acceptors (Lipinski definition) is 4. The van der Waals surface area contributed by atoms with Crippen molar-refractivity contribution in [2.75, 3.05) is 19.8 Å². The minimum absolute atomic E-state index is 0.297. The van der Waals surface area contributed by atoms with Crippen LogP contribution in [0.5, 0.6) is 11.5 Å². The fraction of sp³-hybridized carbons (Fsp3) is 0.450. The average Bonchev–Trinajstić information content (AvgIpc) is 4.02. The van der Waals surface area contributed by atoms with Gasteiger partial charge >= 0.3 is 0 Å². The molecule has 0 bridgehead atoms. The van der Waals surface area contributed by atoms with Crippen LogP contribution < -0.4 is 14.8 Å². The summed E-state index contributed by atoms with van der Waals surface area (Å²) in [5.74, 6) is 6.25. The Bertz CT molecular complexity index is 3100. The third-order valence-electron chi connectivity index (χ3n) is 18.7. The average molecular weight is 1130 g/mol. The highest BCUT2D eigenvalue weighted by atomic mass is 16.5. The quantitative estimate of drug-likeness (QED) is 0.121. The van der Waals surface area contributed by atoms with Crippen LogP contribution in [0.2, 0.25) is 0 Å². The molecule has 0 fully saturated rings. The van der Waals surface area contributed by atoms with Crippen LogP contribution in [-0.4, -0.2) is 19.8 Å². The number of nitrogens with one attached hydrogen (secondary N) is 1. The first-order chi connectivity index (χ1) is 40.3. The van der Waals surface area contributed by atoms with Crippen LogP contribution in [-0.2, 0) is 37.2 Å². The molecule has 0 spiro atoms. The van der Waals surface area contributed by atoms with Crippen molar-refractivity contribution in [1.82, 2.24) is 5.32 Å². The van der Waals surface area contributed by atoms with Crippen molar-refractivity contribution < 1.29 is 14.2 Å². The SMILES string of the molecule is C=C1COc2cc(C)ccc2[C@H]1C.Cc1ccc2c(c1)CCCC[C@@H]2C.Cc1ccc2c(c1)CCC[C@@H]2C.Cc1ccc2c(c1)CC[C@@H]2C.Cc1ccc2c(c1)CNC[C@@H]2C.Cc1ccc2c(c1)CO[C@@H]2C.Cc1ccc2c(c1)OCC[C@@H]2C. The van der Waals surface area contributed by atoms with Crippen LogP contribution in [0.15, 0.2) is 140 Å². The maximum atomic E-state index is 5.59. The lowest BCUT2D eigenvalue weighted by Gasteiger charge is -2.25. The zero-order valence-corrected chi connectivity index (χ0v) is 54.2. The smallest absolute Gasteiger partial charge is 0.123 e. The summed E-state index contributed by atoms with van der Waals surface area (Å²) in [6.45, 7) is 39.3. The summed E-state index contributed by atoms with van der Waals surface area (Å²) in [4.78, 5) is 0. The van der Waals surface area contributed by atoms with E-state index in [4.69, 9.17) is 14.2 Å². The predicted molar refractivity (Wildman–Crippen MR) is 357 cm³/mol. The molecule has 7 aromatic carbocycles. The third kappa shape index (κ3) is 17.2. The van der Waals surface area contributed by atoms with Gasteiger partial charge < -0.3 is 19.5 Å². The number of rotatable bonds is 0. The molecule has 1 N–H and O–H groups in total. The fourth-order valence-corrected chi connectivity index (χ4v) is 13.3. The van der Waals surface area contributed by atoms with Gasteiger partial charge in [-0.15, -0.1) is 0 Å². The molecule has 3 aliphatic carbocycles. The first kappa shape index (κ1) is 63.8. The summed E-state index contributed by atoms with van der Waals surface area (Å²) >= 11 is 0. The van der Waals surface area contributed by atoms with Crippen molar-refractivity contribution in [2.45, 2.75) is 216 Å². The largest absolute Gasteiger partial charge is 0.493 e. The van der Waals surface area contributed by atoms with Gasteiger partial charge in [0.1, 0.15) is 18.1 Å². The van der Waals surface area contributed by atoms with E-state index in [9.17, 15) is 0 Å². The molecular weight excluding hydrogens is 1020 g/mol. The van der Waals surface area contributed by atoms with Gasteiger partial charge in [-0.2, -0.15) is 0 Å². The Morgan fingerprint density at radius 1 is 0.369 bits per heavy atom. The third-order valence-corrected chi connectivity index (χ3v) is 18.7. The Hall–Kier alpha value is -6.20. The van der Waals surface area contributed by atoms with E-state index in [2.05, 4.69) is 236 Å². The van der Waals surface area contributed by atoms with Gasteiger partial charge in [0.25, 0.3) is 0 Å². The molecule has 0 amide bonds. The lowest BCUT2D eigenvalue weighted by atomic mass is 9.83. The van der Waals surface area contributed by atoms with Gasteiger partial charge in [-0.05, 0) is 233 Å². The van der Waals surface area contributed by atoms with E-state index in [1.54, 1.807) is 33.4 Å². The van der Waals surface area contributed by atoms with Gasteiger partial charge in [0.15, 0.2) is 0 Å². The highest BCUT2D eigenvalue weighted by Gasteiger charge is 2.23. The molecule has 4 nitrogen and oxygen atoms in total. The Morgan fingerprint density at radius 2 is 0.786 bits per heavy atom. The minimum atomic E-state index is 0.297. The van der Waals surface area contributed by atoms with E-state index < -0.39 is 0 Å². The molecule has 0 unspecified atom stereocenters. The number of hydrogen-bond donors (Lipinski definition) is 1. The lowest BCUT2D eigenvalue weighted by Crippen LogP contribution is -2.26. The molecule has 7 atom stereocenters. The van der Waals surface area contributed by atoms with Crippen LogP contribution >= 0.6 is 0 Å². The lowest BCUT2D eigenvalue weighted by molar-refractivity contribution is 0.0796. The van der Waals surface area contributed by atoms with Gasteiger partial charge in [0.05, 0.1) is 19.3 Å². The molecule has 7 aromatic rings. The first-order valence-electron chi connectivity index (χ1n) is 32.3. The van der Waals surface area contributed by atoms with Crippen molar-refractivity contribution in [1.29, 1.82) is 0 Å². The monoisotopic (exact) mass is 1130 g/mol. The van der Waals surface area contributed by atoms with E-state index in [0.717, 1.165) is 67.5 Å². The summed E-state index contributed by atoms with van der Waals surface area (Å²) in [5.41, 5.74) is 28.5. The second kappa shape index (κ2) is 30.2. The summed E-state index contributed by atoms with van der Waals surface area (Å²) in [7, 11) is 0. The van der Waals surface area contributed by atoms with Crippen molar-refractivity contribution in [2.24, 2.45) is 0 Å². The fourth-order valence-electron chi connectivity index (χ4n) is 13.3. The van der Waals surface area contributed by atoms with Gasteiger partial charge in [-0.25, -0.2) is 0 Å². The Morgan fingerprint density at radius 3 is 1.36 bits per heavy atom. The Kier molecular flexibility index (Phi) is 23.0. The maximum Gasteiger partial charge on any atom is 0.123 e. The van der Waals surface area contributed by atoms with Crippen molar-refractivity contribution in [3.63, 3.8) is 0 Å². The normalized spacial score (nSPS) is 21.7. The van der Waals surface area contributed by atoms with Crippen LogP contribution in [0.25, 0.3) is 0 Å². The van der Waals surface area contributed by atoms with E-state index >= 15 is 0 Å². The van der Waals surface area contributed by atoms with E-state index in [0.29, 0.717) is 30.5 Å². The molecule has 7 aliphatic rings. The van der Waals surface area contributed by atoms with Crippen LogP contribution in [0, 0.1) is 48.5 Å². The van der Waals surface area contributed by atoms with Crippen molar-refractivity contribution in [3.05, 3.63) is 245 Å². The highest BCUT2D eigenvalue weighted by molar-refractivity contribution is 5.46. The van der Waals surface area contributed by atoms with Crippen molar-refractivity contribution in [3.8, 4) is 11.5 Å². The van der Waals surface area contributed by atoms with E-state index in [1.807, 2.05) is 0 Å². The van der Waals surface area contributed by atoms with Crippen LogP contribution in [0.4, 0.5) is 0 Å². The number of benzene rings is 7. The summed E-state index contributed by atoms with van der Waals surface area (Å²) in [6, 6.07) is 46.8. The topological polar surface area (TPSA) is 39.7 Å². The molecule has 4 heterocycles. The van der Waals surface area contributed by atoms with Gasteiger partial charge in [0.2, 0.25) is 0 Å². The second-order valence-corrected chi connectivity index (χ2v) is 26.2. The van der Waals surface area contributed by atoms with Crippen LogP contribution in [0.3, 0.4) is 0 Å². The van der Waals surface area contributed by atoms with E-state index in [1.165, 1.54) is 130 Å². The molecule has 0 saturated carbocycles. The standard InChI is InChI=1S/C13H18.C12H14O.C12H16.C11H15N.C11H14O.C11H14.C10H12O/c1-10-7-8-13-11(2)5-3-4-6-12(13)9-10;1-8-4-5-11-10(3)9(2)7-13-12(11)6-8;1-9-6-7-12-10(2)4-3-5-11(12)8-9;1-8-3-4-11-9(2)6-12-7-10(11)5-8;1-8-3-4-10-9(2)5-6-12-11(10)7-8;1-8-3-6-11-9(2)4-5-10(11)7-8;1-7-3-4-10-8(2)11-6-9(10)5-7/h7-9,11H,3-6H2,1-2H3;4-6,10H,2,7H2,1,3H3;6-8,10H,3-5H2,1-2H3;3-5,9,12H,6-7H2,1-2H3;3-4,7,9H,5-6H2,1-2H3;3,6-7,9H,4-5H2,1-2H3;3-5,8H,6H2,1-2H3/t11-;2*10-;3*9-;8-/m0000001/s1. The Labute approximate surface area is 509 Å². The molecular formula is C80H103NO3. The first-order valence-corrected chi connectivity index (χ1v) is 32.3. The van der Waals surface area contributed by atoms with E-state index in [-0.39, 0.29) is 0 Å². The molecule has 4 heteroatoms. The van der Waals surface area contributed by atoms with Gasteiger partial charge in [-0.1, -0.05) is 198 Å². The molecule has 84 heavy (non-hydrogen) atoms. The zero-order chi connectivity index (χ0) is 60.0. The van der Waals surface area contributed by atoms with Gasteiger partial charge in [-0.3, -0.25) is 0 Å². The van der Waals surface area contributed by atoms with Gasteiger partial charge in [0, 0.05) is 24.6 Å². The highest BCUT2D eigenvalue weighted by Crippen LogP contribution is 2.38. The molecule has 0 radical (unpaired) electrons.